The monoisotopic (exact) mass is 398 g/mol. The number of halogens is 1. The van der Waals surface area contributed by atoms with Gasteiger partial charge in [-0.05, 0) is 30.4 Å². The molecule has 1 aromatic rings. The number of carbonyl (C=O) groups excluding carboxylic acids is 2. The molecule has 1 atom stereocenters. The lowest BCUT2D eigenvalue weighted by molar-refractivity contribution is -0.129. The number of amides is 2. The Balaban J connectivity index is 1.68. The zero-order chi connectivity index (χ0) is 19.6. The molecule has 2 aliphatic heterocycles. The predicted molar refractivity (Wildman–Crippen MR) is 97.8 cm³/mol. The maximum atomic E-state index is 14.6. The molecule has 0 saturated carbocycles. The van der Waals surface area contributed by atoms with Crippen molar-refractivity contribution in [1.82, 2.24) is 10.2 Å². The average Bonchev–Trinajstić information content (AvgIpc) is 3.21. The Kier molecular flexibility index (Phi) is 5.61. The lowest BCUT2D eigenvalue weighted by Crippen LogP contribution is -2.34. The first-order valence-corrected chi connectivity index (χ1v) is 8.57. The standard InChI is InChI=1S/C16H19FN4O5S/c1-25-15(27)18-5-11-6-21(16(24)26-11)10-2-3-13(12(17)4-10)19-7-14(23)20(8-19)9-22/h2-4,11,22H,5-9H2,1H3,(H,18,27). The Labute approximate surface area is 160 Å². The molecule has 1 unspecified atom stereocenters. The summed E-state index contributed by atoms with van der Waals surface area (Å²) in [6.45, 7) is 0.177. The van der Waals surface area contributed by atoms with Crippen molar-refractivity contribution in [3.05, 3.63) is 24.0 Å². The molecule has 3 rings (SSSR count). The lowest BCUT2D eigenvalue weighted by Gasteiger charge is -2.20. The van der Waals surface area contributed by atoms with Gasteiger partial charge in [0.25, 0.3) is 5.17 Å². The van der Waals surface area contributed by atoms with Gasteiger partial charge in [0.15, 0.2) is 0 Å². The van der Waals surface area contributed by atoms with E-state index in [0.717, 1.165) is 0 Å². The molecule has 0 aromatic heterocycles. The highest BCUT2D eigenvalue weighted by molar-refractivity contribution is 7.80. The molecular formula is C16H19FN4O5S. The van der Waals surface area contributed by atoms with Crippen LogP contribution < -0.4 is 15.1 Å². The molecule has 11 heteroatoms. The molecule has 2 fully saturated rings. The van der Waals surface area contributed by atoms with Crippen LogP contribution in [0, 0.1) is 5.82 Å². The van der Waals surface area contributed by atoms with Gasteiger partial charge in [-0.2, -0.15) is 0 Å². The summed E-state index contributed by atoms with van der Waals surface area (Å²) < 4.78 is 24.6. The van der Waals surface area contributed by atoms with E-state index >= 15 is 0 Å². The van der Waals surface area contributed by atoms with Crippen molar-refractivity contribution >= 4 is 40.8 Å². The van der Waals surface area contributed by atoms with Gasteiger partial charge in [-0.1, -0.05) is 0 Å². The van der Waals surface area contributed by atoms with Crippen LogP contribution in [-0.4, -0.2) is 73.4 Å². The smallest absolute Gasteiger partial charge is 0.414 e. The maximum absolute atomic E-state index is 14.6. The number of nitrogens with one attached hydrogen (secondary N) is 1. The van der Waals surface area contributed by atoms with E-state index < -0.39 is 24.7 Å². The topological polar surface area (TPSA) is 94.6 Å². The molecule has 0 radical (unpaired) electrons. The maximum Gasteiger partial charge on any atom is 0.414 e. The van der Waals surface area contributed by atoms with E-state index in [1.807, 2.05) is 0 Å². The number of hydrogen-bond donors (Lipinski definition) is 2. The predicted octanol–water partition coefficient (Wildman–Crippen LogP) is 0.228. The van der Waals surface area contributed by atoms with E-state index in [1.165, 1.54) is 33.9 Å². The molecule has 1 aromatic carbocycles. The molecule has 146 valence electrons. The van der Waals surface area contributed by atoms with E-state index in [4.69, 9.17) is 26.8 Å². The molecule has 0 bridgehead atoms. The van der Waals surface area contributed by atoms with Crippen molar-refractivity contribution in [3.63, 3.8) is 0 Å². The fraction of sp³-hybridized carbons (Fsp3) is 0.438. The van der Waals surface area contributed by atoms with Gasteiger partial charge in [0.05, 0.1) is 44.8 Å². The summed E-state index contributed by atoms with van der Waals surface area (Å²) in [7, 11) is 1.43. The highest BCUT2D eigenvalue weighted by atomic mass is 32.1. The number of benzene rings is 1. The molecule has 2 saturated heterocycles. The third-order valence-corrected chi connectivity index (χ3v) is 4.62. The van der Waals surface area contributed by atoms with Crippen LogP contribution in [0.5, 0.6) is 0 Å². The Hall–Kier alpha value is -2.66. The molecule has 2 amide bonds. The highest BCUT2D eigenvalue weighted by Crippen LogP contribution is 2.29. The molecule has 9 nitrogen and oxygen atoms in total. The number of methoxy groups -OCH3 is 1. The van der Waals surface area contributed by atoms with Crippen molar-refractivity contribution in [1.29, 1.82) is 0 Å². The Morgan fingerprint density at radius 1 is 1.48 bits per heavy atom. The minimum Gasteiger partial charge on any atom is -0.474 e. The van der Waals surface area contributed by atoms with Crippen LogP contribution in [0.3, 0.4) is 0 Å². The van der Waals surface area contributed by atoms with Gasteiger partial charge in [-0.15, -0.1) is 0 Å². The second-order valence-corrected chi connectivity index (χ2v) is 6.41. The minimum absolute atomic E-state index is 0.0181. The number of aliphatic hydroxyl groups excluding tert-OH is 1. The number of hydrogen-bond acceptors (Lipinski definition) is 7. The minimum atomic E-state index is -0.583. The Morgan fingerprint density at radius 3 is 2.89 bits per heavy atom. The molecule has 2 aliphatic rings. The van der Waals surface area contributed by atoms with E-state index in [1.54, 1.807) is 6.07 Å². The second-order valence-electron chi connectivity index (χ2n) is 6.04. The van der Waals surface area contributed by atoms with Gasteiger partial charge < -0.3 is 29.7 Å². The number of thiocarbonyl (C=S) groups is 1. The molecule has 2 heterocycles. The summed E-state index contributed by atoms with van der Waals surface area (Å²) in [6.07, 6.45) is -1.04. The van der Waals surface area contributed by atoms with E-state index in [9.17, 15) is 14.0 Å². The first-order chi connectivity index (χ1) is 12.9. The number of anilines is 2. The van der Waals surface area contributed by atoms with Crippen LogP contribution in [0.4, 0.5) is 20.6 Å². The summed E-state index contributed by atoms with van der Waals surface area (Å²) in [5, 5.41) is 12.1. The normalized spacial score (nSPS) is 19.5. The average molecular weight is 398 g/mol. The largest absolute Gasteiger partial charge is 0.474 e. The first kappa shape index (κ1) is 19.1. The van der Waals surface area contributed by atoms with Crippen LogP contribution in [0.1, 0.15) is 0 Å². The van der Waals surface area contributed by atoms with Crippen molar-refractivity contribution in [2.24, 2.45) is 0 Å². The molecule has 2 N–H and O–H groups in total. The van der Waals surface area contributed by atoms with Crippen molar-refractivity contribution in [3.8, 4) is 0 Å². The van der Waals surface area contributed by atoms with Gasteiger partial charge in [-0.3, -0.25) is 9.69 Å². The summed E-state index contributed by atoms with van der Waals surface area (Å²) in [6, 6.07) is 4.30. The van der Waals surface area contributed by atoms with Gasteiger partial charge in [0, 0.05) is 0 Å². The number of ether oxygens (including phenoxy) is 2. The van der Waals surface area contributed by atoms with Crippen LogP contribution in [0.25, 0.3) is 0 Å². The first-order valence-electron chi connectivity index (χ1n) is 8.16. The van der Waals surface area contributed by atoms with E-state index in [0.29, 0.717) is 5.69 Å². The number of cyclic esters (lactones) is 1. The van der Waals surface area contributed by atoms with E-state index in [2.05, 4.69) is 5.32 Å². The Morgan fingerprint density at radius 2 is 2.26 bits per heavy atom. The summed E-state index contributed by atoms with van der Waals surface area (Å²) in [5.74, 6) is -0.858. The quantitative estimate of drug-likeness (QED) is 0.681. The Bertz CT molecular complexity index is 764. The zero-order valence-electron chi connectivity index (χ0n) is 14.6. The van der Waals surface area contributed by atoms with Crippen molar-refractivity contribution in [2.45, 2.75) is 6.10 Å². The van der Waals surface area contributed by atoms with Gasteiger partial charge in [0.1, 0.15) is 18.7 Å². The van der Waals surface area contributed by atoms with Gasteiger partial charge in [-0.25, -0.2) is 9.18 Å². The van der Waals surface area contributed by atoms with Crippen LogP contribution >= 0.6 is 12.2 Å². The van der Waals surface area contributed by atoms with Crippen molar-refractivity contribution in [2.75, 3.05) is 49.9 Å². The summed E-state index contributed by atoms with van der Waals surface area (Å²) in [4.78, 5) is 27.8. The number of aliphatic hydroxyl groups is 1. The second kappa shape index (κ2) is 7.92. The lowest BCUT2D eigenvalue weighted by atomic mass is 10.2. The van der Waals surface area contributed by atoms with Gasteiger partial charge in [0.2, 0.25) is 5.91 Å². The third-order valence-electron chi connectivity index (χ3n) is 4.31. The number of rotatable bonds is 5. The van der Waals surface area contributed by atoms with Crippen LogP contribution in [0.2, 0.25) is 0 Å². The van der Waals surface area contributed by atoms with Crippen LogP contribution in [0.15, 0.2) is 18.2 Å². The summed E-state index contributed by atoms with van der Waals surface area (Å²) in [5.41, 5.74) is 0.571. The number of carbonyl (C=O) groups is 2. The van der Waals surface area contributed by atoms with E-state index in [-0.39, 0.29) is 43.1 Å². The van der Waals surface area contributed by atoms with Crippen LogP contribution in [-0.2, 0) is 14.3 Å². The van der Waals surface area contributed by atoms with Gasteiger partial charge >= 0.3 is 6.09 Å². The fourth-order valence-electron chi connectivity index (χ4n) is 2.91. The third kappa shape index (κ3) is 4.03. The number of nitrogens with zero attached hydrogens (tertiary/aromatic N) is 3. The zero-order valence-corrected chi connectivity index (χ0v) is 15.4. The van der Waals surface area contributed by atoms with Crippen molar-refractivity contribution < 1.29 is 28.6 Å². The SMILES string of the molecule is COC(=S)NCC1CN(c2ccc(N3CC(=O)N(CO)C3)c(F)c2)C(=O)O1. The molecule has 0 aliphatic carbocycles. The fourth-order valence-corrected chi connectivity index (χ4v) is 2.99. The molecular weight excluding hydrogens is 379 g/mol. The highest BCUT2D eigenvalue weighted by Gasteiger charge is 2.34. The summed E-state index contributed by atoms with van der Waals surface area (Å²) >= 11 is 4.87. The molecule has 0 spiro atoms. The molecule has 27 heavy (non-hydrogen) atoms.